The number of aromatic nitrogens is 1. The van der Waals surface area contributed by atoms with Crippen LogP contribution in [0.1, 0.15) is 24.0 Å². The van der Waals surface area contributed by atoms with E-state index in [1.807, 2.05) is 37.2 Å². The molecule has 1 amide bonds. The number of amides is 1. The predicted molar refractivity (Wildman–Crippen MR) is 120 cm³/mol. The number of benzene rings is 1. The fourth-order valence-corrected chi connectivity index (χ4v) is 4.14. The van der Waals surface area contributed by atoms with Crippen molar-refractivity contribution in [1.82, 2.24) is 15.2 Å². The second kappa shape index (κ2) is 10.5. The summed E-state index contributed by atoms with van der Waals surface area (Å²) in [5, 5.41) is 3.05. The van der Waals surface area contributed by atoms with Gasteiger partial charge in [-0.15, -0.1) is 0 Å². The van der Waals surface area contributed by atoms with E-state index >= 15 is 0 Å². The molecule has 174 valence electrons. The Labute approximate surface area is 191 Å². The third-order valence-electron chi connectivity index (χ3n) is 5.87. The van der Waals surface area contributed by atoms with Crippen molar-refractivity contribution in [3.8, 4) is 0 Å². The lowest BCUT2D eigenvalue weighted by Gasteiger charge is -2.33. The molecule has 1 aromatic carbocycles. The highest BCUT2D eigenvalue weighted by molar-refractivity contribution is 6.33. The number of pyridine rings is 1. The maximum atomic E-state index is 12.8. The first-order valence-electron chi connectivity index (χ1n) is 10.6. The van der Waals surface area contributed by atoms with Crippen molar-refractivity contribution in [1.29, 1.82) is 0 Å². The van der Waals surface area contributed by atoms with Gasteiger partial charge in [-0.05, 0) is 45.0 Å². The van der Waals surface area contributed by atoms with Gasteiger partial charge in [0.15, 0.2) is 0 Å². The minimum Gasteiger partial charge on any atom is -0.355 e. The zero-order valence-corrected chi connectivity index (χ0v) is 19.0. The smallest absolute Gasteiger partial charge is 0.355 e. The lowest BCUT2D eigenvalue weighted by molar-refractivity contribution is -0.137. The van der Waals surface area contributed by atoms with Crippen LogP contribution in [0.5, 0.6) is 0 Å². The predicted octanol–water partition coefficient (Wildman–Crippen LogP) is 4.26. The molecule has 2 heterocycles. The molecule has 1 atom stereocenters. The first-order chi connectivity index (χ1) is 15.1. The van der Waals surface area contributed by atoms with Gasteiger partial charge in [-0.3, -0.25) is 4.79 Å². The first-order valence-corrected chi connectivity index (χ1v) is 11.0. The fourth-order valence-electron chi connectivity index (χ4n) is 3.86. The Balaban J connectivity index is 1.52. The molecule has 1 saturated heterocycles. The number of alkyl halides is 3. The Morgan fingerprint density at radius 2 is 1.91 bits per heavy atom. The van der Waals surface area contributed by atoms with Gasteiger partial charge >= 0.3 is 6.18 Å². The van der Waals surface area contributed by atoms with E-state index in [4.69, 9.17) is 11.6 Å². The number of carbonyl (C=O) groups is 1. The number of anilines is 1. The molecule has 2 aromatic rings. The second-order valence-electron chi connectivity index (χ2n) is 8.34. The molecule has 1 aliphatic rings. The summed E-state index contributed by atoms with van der Waals surface area (Å²) in [6.45, 7) is 1.57. The Morgan fingerprint density at radius 3 is 2.47 bits per heavy atom. The summed E-state index contributed by atoms with van der Waals surface area (Å²) in [5.74, 6) is 0.198. The molecule has 3 rings (SSSR count). The number of halogens is 4. The third kappa shape index (κ3) is 6.36. The maximum Gasteiger partial charge on any atom is 0.417 e. The zero-order chi connectivity index (χ0) is 23.3. The standard InChI is InChI=1S/C23H28ClF3N4O/c1-30(2)19(12-16-6-4-3-5-7-16)15-29-22(32)17-8-10-31(11-9-17)21-20(24)13-18(14-28-21)23(25,26)27/h3-7,13-14,17,19H,8-12,15H2,1-2H3,(H,29,32). The van der Waals surface area contributed by atoms with Gasteiger partial charge in [0.2, 0.25) is 5.91 Å². The summed E-state index contributed by atoms with van der Waals surface area (Å²) in [5.41, 5.74) is 0.348. The van der Waals surface area contributed by atoms with E-state index in [-0.39, 0.29) is 22.9 Å². The van der Waals surface area contributed by atoms with E-state index in [1.165, 1.54) is 5.56 Å². The summed E-state index contributed by atoms with van der Waals surface area (Å²) in [4.78, 5) is 20.6. The SMILES string of the molecule is CN(C)C(CNC(=O)C1CCN(c2ncc(C(F)(F)F)cc2Cl)CC1)Cc1ccccc1. The number of carbonyl (C=O) groups excluding carboxylic acids is 1. The fraction of sp³-hybridized carbons (Fsp3) is 0.478. The van der Waals surface area contributed by atoms with E-state index < -0.39 is 11.7 Å². The highest BCUT2D eigenvalue weighted by atomic mass is 35.5. The molecule has 32 heavy (non-hydrogen) atoms. The lowest BCUT2D eigenvalue weighted by Crippen LogP contribution is -2.46. The summed E-state index contributed by atoms with van der Waals surface area (Å²) in [6, 6.07) is 11.2. The van der Waals surface area contributed by atoms with E-state index in [0.29, 0.717) is 38.3 Å². The van der Waals surface area contributed by atoms with Gasteiger partial charge in [-0.25, -0.2) is 4.98 Å². The summed E-state index contributed by atoms with van der Waals surface area (Å²) < 4.78 is 38.5. The minimum atomic E-state index is -4.48. The monoisotopic (exact) mass is 468 g/mol. The van der Waals surface area contributed by atoms with Crippen molar-refractivity contribution >= 4 is 23.3 Å². The van der Waals surface area contributed by atoms with Gasteiger partial charge in [0.05, 0.1) is 10.6 Å². The number of nitrogens with one attached hydrogen (secondary N) is 1. The summed E-state index contributed by atoms with van der Waals surface area (Å²) in [6.07, 6.45) is -1.66. The van der Waals surface area contributed by atoms with Crippen molar-refractivity contribution < 1.29 is 18.0 Å². The van der Waals surface area contributed by atoms with E-state index in [2.05, 4.69) is 27.3 Å². The number of rotatable bonds is 7. The van der Waals surface area contributed by atoms with Crippen LogP contribution in [-0.4, -0.2) is 55.6 Å². The minimum absolute atomic E-state index is 0.0102. The molecular weight excluding hydrogens is 441 g/mol. The Bertz CT molecular complexity index is 900. The van der Waals surface area contributed by atoms with Gasteiger partial charge in [0.25, 0.3) is 0 Å². The van der Waals surface area contributed by atoms with Crippen LogP contribution in [0.3, 0.4) is 0 Å². The van der Waals surface area contributed by atoms with Crippen LogP contribution in [0.25, 0.3) is 0 Å². The van der Waals surface area contributed by atoms with Crippen LogP contribution in [0.2, 0.25) is 5.02 Å². The highest BCUT2D eigenvalue weighted by Gasteiger charge is 2.33. The molecule has 9 heteroatoms. The van der Waals surface area contributed by atoms with Gasteiger partial charge < -0.3 is 15.1 Å². The topological polar surface area (TPSA) is 48.5 Å². The molecule has 1 aromatic heterocycles. The summed E-state index contributed by atoms with van der Waals surface area (Å²) >= 11 is 6.06. The van der Waals surface area contributed by atoms with Crippen molar-refractivity contribution in [3.63, 3.8) is 0 Å². The molecule has 1 unspecified atom stereocenters. The van der Waals surface area contributed by atoms with Crippen LogP contribution in [0, 0.1) is 5.92 Å². The normalized spacial score (nSPS) is 16.3. The van der Waals surface area contributed by atoms with Crippen molar-refractivity contribution in [2.24, 2.45) is 5.92 Å². The highest BCUT2D eigenvalue weighted by Crippen LogP contribution is 2.34. The van der Waals surface area contributed by atoms with Crippen LogP contribution in [0.4, 0.5) is 19.0 Å². The Hall–Kier alpha value is -2.32. The van der Waals surface area contributed by atoms with E-state index in [0.717, 1.165) is 18.7 Å². The number of hydrogen-bond acceptors (Lipinski definition) is 4. The van der Waals surface area contributed by atoms with Crippen molar-refractivity contribution in [2.45, 2.75) is 31.5 Å². The Morgan fingerprint density at radius 1 is 1.25 bits per heavy atom. The Kier molecular flexibility index (Phi) is 8.00. The van der Waals surface area contributed by atoms with E-state index in [1.54, 1.807) is 0 Å². The lowest BCUT2D eigenvalue weighted by atomic mass is 9.95. The maximum absolute atomic E-state index is 12.8. The third-order valence-corrected chi connectivity index (χ3v) is 6.15. The average molecular weight is 469 g/mol. The van der Waals surface area contributed by atoms with Crippen LogP contribution >= 0.6 is 11.6 Å². The van der Waals surface area contributed by atoms with Crippen LogP contribution in [-0.2, 0) is 17.4 Å². The number of piperidine rings is 1. The first kappa shape index (κ1) is 24.3. The summed E-state index contributed by atoms with van der Waals surface area (Å²) in [7, 11) is 4.00. The average Bonchev–Trinajstić information content (AvgIpc) is 2.76. The molecule has 1 fully saturated rings. The van der Waals surface area contributed by atoms with Crippen LogP contribution in [0.15, 0.2) is 42.6 Å². The molecule has 5 nitrogen and oxygen atoms in total. The second-order valence-corrected chi connectivity index (χ2v) is 8.75. The molecular formula is C23H28ClF3N4O. The van der Waals surface area contributed by atoms with Crippen molar-refractivity contribution in [2.75, 3.05) is 38.6 Å². The molecule has 0 saturated carbocycles. The van der Waals surface area contributed by atoms with Crippen molar-refractivity contribution in [3.05, 3.63) is 58.7 Å². The van der Waals surface area contributed by atoms with Gasteiger partial charge in [0, 0.05) is 37.8 Å². The zero-order valence-electron chi connectivity index (χ0n) is 18.2. The van der Waals surface area contributed by atoms with Crippen LogP contribution < -0.4 is 10.2 Å². The molecule has 0 aliphatic carbocycles. The molecule has 0 bridgehead atoms. The number of likely N-dealkylation sites (N-methyl/N-ethyl adjacent to an activating group) is 1. The number of nitrogens with zero attached hydrogens (tertiary/aromatic N) is 3. The van der Waals surface area contributed by atoms with E-state index in [9.17, 15) is 18.0 Å². The molecule has 1 N–H and O–H groups in total. The van der Waals surface area contributed by atoms with Gasteiger partial charge in [-0.1, -0.05) is 41.9 Å². The molecule has 0 spiro atoms. The number of hydrogen-bond donors (Lipinski definition) is 1. The molecule has 0 radical (unpaired) electrons. The molecule has 1 aliphatic heterocycles. The van der Waals surface area contributed by atoms with Gasteiger partial charge in [-0.2, -0.15) is 13.2 Å². The van der Waals surface area contributed by atoms with Gasteiger partial charge in [0.1, 0.15) is 5.82 Å². The largest absolute Gasteiger partial charge is 0.417 e. The quantitative estimate of drug-likeness (QED) is 0.659.